The van der Waals surface area contributed by atoms with Gasteiger partial charge in [-0.1, -0.05) is 18.9 Å². The summed E-state index contributed by atoms with van der Waals surface area (Å²) in [6.45, 7) is 5.61. The normalized spacial score (nSPS) is 15.7. The maximum atomic E-state index is 5.35. The summed E-state index contributed by atoms with van der Waals surface area (Å²) >= 11 is 0. The van der Waals surface area contributed by atoms with Crippen molar-refractivity contribution in [2.45, 2.75) is 32.1 Å². The van der Waals surface area contributed by atoms with Crippen LogP contribution in [0.5, 0.6) is 11.5 Å². The monoisotopic (exact) mass is 305 g/mol. The van der Waals surface area contributed by atoms with E-state index in [4.69, 9.17) is 9.47 Å². The van der Waals surface area contributed by atoms with Crippen LogP contribution in [0.15, 0.2) is 18.2 Å². The molecular formula is C18H29N2O2. The standard InChI is InChI=1S/C18H29N2O2/c1-21-17-9-8-16(15-18(17)22-2)7-5-3-4-6-12-20-13-10-19-11-14-20/h8-9,15H,3-7,10-14H2,1-2H3. The lowest BCUT2D eigenvalue weighted by atomic mass is 10.1. The Kier molecular flexibility index (Phi) is 7.54. The van der Waals surface area contributed by atoms with E-state index >= 15 is 0 Å². The molecular weight excluding hydrogens is 276 g/mol. The van der Waals surface area contributed by atoms with Gasteiger partial charge in [0.1, 0.15) is 0 Å². The van der Waals surface area contributed by atoms with Gasteiger partial charge in [0, 0.05) is 26.2 Å². The van der Waals surface area contributed by atoms with E-state index in [9.17, 15) is 0 Å². The van der Waals surface area contributed by atoms with Gasteiger partial charge >= 0.3 is 0 Å². The molecule has 0 unspecified atom stereocenters. The first-order chi connectivity index (χ1) is 10.8. The van der Waals surface area contributed by atoms with Crippen molar-refractivity contribution in [1.82, 2.24) is 10.2 Å². The van der Waals surface area contributed by atoms with Crippen LogP contribution in [0.2, 0.25) is 0 Å². The molecule has 0 aliphatic carbocycles. The zero-order chi connectivity index (χ0) is 15.6. The highest BCUT2D eigenvalue weighted by molar-refractivity contribution is 5.42. The molecule has 1 saturated heterocycles. The number of rotatable bonds is 9. The molecule has 123 valence electrons. The number of ether oxygens (including phenoxy) is 2. The van der Waals surface area contributed by atoms with Crippen molar-refractivity contribution in [2.24, 2.45) is 0 Å². The second kappa shape index (κ2) is 9.70. The molecule has 0 atom stereocenters. The second-order valence-electron chi connectivity index (χ2n) is 5.87. The minimum atomic E-state index is 0.805. The fourth-order valence-corrected chi connectivity index (χ4v) is 2.93. The van der Waals surface area contributed by atoms with Gasteiger partial charge in [0.25, 0.3) is 0 Å². The quantitative estimate of drug-likeness (QED) is 0.658. The first kappa shape index (κ1) is 17.1. The molecule has 1 fully saturated rings. The highest BCUT2D eigenvalue weighted by Gasteiger charge is 2.09. The molecule has 4 nitrogen and oxygen atoms in total. The van der Waals surface area contributed by atoms with Gasteiger partial charge in [-0.3, -0.25) is 0 Å². The summed E-state index contributed by atoms with van der Waals surface area (Å²) in [6, 6.07) is 6.23. The third-order valence-electron chi connectivity index (χ3n) is 4.29. The molecule has 1 aliphatic heterocycles. The molecule has 1 aromatic rings. The lowest BCUT2D eigenvalue weighted by Crippen LogP contribution is -2.40. The number of unbranched alkanes of at least 4 members (excludes halogenated alkanes) is 3. The third-order valence-corrected chi connectivity index (χ3v) is 4.29. The average Bonchev–Trinajstić information content (AvgIpc) is 2.58. The van der Waals surface area contributed by atoms with E-state index < -0.39 is 0 Å². The Morgan fingerprint density at radius 3 is 2.41 bits per heavy atom. The van der Waals surface area contributed by atoms with Crippen molar-refractivity contribution in [1.29, 1.82) is 0 Å². The maximum Gasteiger partial charge on any atom is 0.160 e. The van der Waals surface area contributed by atoms with E-state index in [0.717, 1.165) is 44.1 Å². The Morgan fingerprint density at radius 1 is 0.955 bits per heavy atom. The smallest absolute Gasteiger partial charge is 0.160 e. The van der Waals surface area contributed by atoms with Gasteiger partial charge in [0.15, 0.2) is 11.5 Å². The molecule has 0 spiro atoms. The van der Waals surface area contributed by atoms with Crippen LogP contribution in [0.3, 0.4) is 0 Å². The number of hydrogen-bond donors (Lipinski definition) is 0. The van der Waals surface area contributed by atoms with Crippen LogP contribution < -0.4 is 14.8 Å². The van der Waals surface area contributed by atoms with Gasteiger partial charge in [0.2, 0.25) is 0 Å². The van der Waals surface area contributed by atoms with Gasteiger partial charge < -0.3 is 14.4 Å². The van der Waals surface area contributed by atoms with Gasteiger partial charge in [-0.15, -0.1) is 0 Å². The fourth-order valence-electron chi connectivity index (χ4n) is 2.93. The summed E-state index contributed by atoms with van der Waals surface area (Å²) in [4.78, 5) is 2.54. The number of benzene rings is 1. The Balaban J connectivity index is 1.60. The number of methoxy groups -OCH3 is 2. The largest absolute Gasteiger partial charge is 0.493 e. The Labute approximate surface area is 134 Å². The molecule has 1 heterocycles. The molecule has 0 amide bonds. The molecule has 1 aromatic carbocycles. The molecule has 1 aliphatic rings. The summed E-state index contributed by atoms with van der Waals surface area (Å²) < 4.78 is 10.6. The van der Waals surface area contributed by atoms with Gasteiger partial charge in [0.05, 0.1) is 14.2 Å². The molecule has 22 heavy (non-hydrogen) atoms. The van der Waals surface area contributed by atoms with Crippen LogP contribution in [0, 0.1) is 0 Å². The van der Waals surface area contributed by atoms with Gasteiger partial charge in [-0.2, -0.15) is 0 Å². The van der Waals surface area contributed by atoms with E-state index in [1.165, 1.54) is 37.8 Å². The van der Waals surface area contributed by atoms with Crippen LogP contribution in [0.1, 0.15) is 31.2 Å². The van der Waals surface area contributed by atoms with E-state index in [1.807, 2.05) is 6.07 Å². The number of hydrogen-bond acceptors (Lipinski definition) is 3. The van der Waals surface area contributed by atoms with Gasteiger partial charge in [-0.05, 0) is 43.5 Å². The number of aryl methyl sites for hydroxylation is 1. The number of nitrogens with zero attached hydrogens (tertiary/aromatic N) is 2. The van der Waals surface area contributed by atoms with E-state index in [2.05, 4.69) is 22.3 Å². The first-order valence-corrected chi connectivity index (χ1v) is 8.40. The zero-order valence-corrected chi connectivity index (χ0v) is 14.0. The Bertz CT molecular complexity index is 431. The first-order valence-electron chi connectivity index (χ1n) is 8.40. The maximum absolute atomic E-state index is 5.35. The molecule has 0 saturated carbocycles. The third kappa shape index (κ3) is 5.50. The van der Waals surface area contributed by atoms with Crippen molar-refractivity contribution in [3.63, 3.8) is 0 Å². The highest BCUT2D eigenvalue weighted by atomic mass is 16.5. The van der Waals surface area contributed by atoms with Crippen molar-refractivity contribution >= 4 is 0 Å². The van der Waals surface area contributed by atoms with Crippen LogP contribution in [-0.2, 0) is 6.42 Å². The highest BCUT2D eigenvalue weighted by Crippen LogP contribution is 2.28. The number of piperazine rings is 1. The second-order valence-corrected chi connectivity index (χ2v) is 5.87. The SMILES string of the molecule is COc1ccc(CCCCCCN2CC[N]CC2)cc1OC. The van der Waals surface area contributed by atoms with E-state index in [0.29, 0.717) is 0 Å². The molecule has 0 bridgehead atoms. The average molecular weight is 305 g/mol. The minimum absolute atomic E-state index is 0.805. The predicted molar refractivity (Wildman–Crippen MR) is 90.0 cm³/mol. The summed E-state index contributed by atoms with van der Waals surface area (Å²) in [5.74, 6) is 1.63. The predicted octanol–water partition coefficient (Wildman–Crippen LogP) is 2.73. The van der Waals surface area contributed by atoms with Crippen LogP contribution in [-0.4, -0.2) is 51.8 Å². The summed E-state index contributed by atoms with van der Waals surface area (Å²) in [5.41, 5.74) is 1.33. The Hall–Kier alpha value is -1.26. The van der Waals surface area contributed by atoms with Crippen molar-refractivity contribution < 1.29 is 9.47 Å². The van der Waals surface area contributed by atoms with Crippen LogP contribution in [0.4, 0.5) is 0 Å². The summed E-state index contributed by atoms with van der Waals surface area (Å²) in [5, 5.41) is 4.38. The summed E-state index contributed by atoms with van der Waals surface area (Å²) in [6.07, 6.45) is 6.28. The van der Waals surface area contributed by atoms with Crippen LogP contribution >= 0.6 is 0 Å². The zero-order valence-electron chi connectivity index (χ0n) is 14.0. The van der Waals surface area contributed by atoms with Gasteiger partial charge in [-0.25, -0.2) is 5.32 Å². The lowest BCUT2D eigenvalue weighted by molar-refractivity contribution is 0.233. The van der Waals surface area contributed by atoms with E-state index in [-0.39, 0.29) is 0 Å². The van der Waals surface area contributed by atoms with Crippen molar-refractivity contribution in [3.05, 3.63) is 23.8 Å². The van der Waals surface area contributed by atoms with Crippen molar-refractivity contribution in [2.75, 3.05) is 46.9 Å². The van der Waals surface area contributed by atoms with Crippen LogP contribution in [0.25, 0.3) is 0 Å². The molecule has 0 aromatic heterocycles. The summed E-state index contributed by atoms with van der Waals surface area (Å²) in [7, 11) is 3.36. The Morgan fingerprint density at radius 2 is 1.68 bits per heavy atom. The van der Waals surface area contributed by atoms with E-state index in [1.54, 1.807) is 14.2 Å². The molecule has 1 radical (unpaired) electrons. The lowest BCUT2D eigenvalue weighted by Gasteiger charge is -2.26. The topological polar surface area (TPSA) is 35.8 Å². The molecule has 4 heteroatoms. The fraction of sp³-hybridized carbons (Fsp3) is 0.667. The van der Waals surface area contributed by atoms with Crippen molar-refractivity contribution in [3.8, 4) is 11.5 Å². The minimum Gasteiger partial charge on any atom is -0.493 e. The molecule has 2 rings (SSSR count). The molecule has 0 N–H and O–H groups in total.